The summed E-state index contributed by atoms with van der Waals surface area (Å²) in [5.41, 5.74) is 8.19. The molecule has 0 bridgehead atoms. The van der Waals surface area contributed by atoms with Crippen molar-refractivity contribution in [2.75, 3.05) is 13.1 Å². The molecule has 1 amide bonds. The molecular formula is C17H21ClN4O. The van der Waals surface area contributed by atoms with Crippen LogP contribution in [-0.2, 0) is 0 Å². The van der Waals surface area contributed by atoms with Crippen molar-refractivity contribution in [1.29, 1.82) is 0 Å². The summed E-state index contributed by atoms with van der Waals surface area (Å²) in [6.07, 6.45) is 2.39. The molecule has 1 saturated heterocycles. The highest BCUT2D eigenvalue weighted by molar-refractivity contribution is 6.30. The van der Waals surface area contributed by atoms with E-state index < -0.39 is 0 Å². The van der Waals surface area contributed by atoms with Crippen molar-refractivity contribution < 1.29 is 4.79 Å². The van der Waals surface area contributed by atoms with Crippen LogP contribution in [0.1, 0.15) is 30.6 Å². The van der Waals surface area contributed by atoms with Gasteiger partial charge in [0.25, 0.3) is 5.91 Å². The number of hydrogen-bond acceptors (Lipinski definition) is 3. The quantitative estimate of drug-likeness (QED) is 0.887. The molecule has 0 radical (unpaired) electrons. The maximum Gasteiger partial charge on any atom is 0.257 e. The van der Waals surface area contributed by atoms with Crippen LogP contribution in [0.25, 0.3) is 11.3 Å². The van der Waals surface area contributed by atoms with Crippen LogP contribution < -0.4 is 5.73 Å². The third kappa shape index (κ3) is 3.12. The number of aromatic amines is 1. The van der Waals surface area contributed by atoms with Gasteiger partial charge >= 0.3 is 0 Å². The number of carbonyl (C=O) groups excluding carboxylic acids is 1. The molecule has 122 valence electrons. The van der Waals surface area contributed by atoms with E-state index in [0.29, 0.717) is 29.4 Å². The Morgan fingerprint density at radius 3 is 2.96 bits per heavy atom. The lowest BCUT2D eigenvalue weighted by molar-refractivity contribution is 0.0534. The van der Waals surface area contributed by atoms with Crippen LogP contribution in [0.5, 0.6) is 0 Å². The molecule has 3 rings (SSSR count). The van der Waals surface area contributed by atoms with E-state index in [1.807, 2.05) is 23.1 Å². The fourth-order valence-electron chi connectivity index (χ4n) is 3.03. The second kappa shape index (κ2) is 5.98. The van der Waals surface area contributed by atoms with Crippen LogP contribution in [0.4, 0.5) is 0 Å². The van der Waals surface area contributed by atoms with Gasteiger partial charge in [-0.3, -0.25) is 9.89 Å². The van der Waals surface area contributed by atoms with Crippen LogP contribution in [0, 0.1) is 5.41 Å². The fourth-order valence-corrected chi connectivity index (χ4v) is 3.22. The Balaban J connectivity index is 1.89. The van der Waals surface area contributed by atoms with Gasteiger partial charge in [0.05, 0.1) is 17.5 Å². The van der Waals surface area contributed by atoms with Crippen LogP contribution in [-0.4, -0.2) is 40.1 Å². The number of nitrogens with two attached hydrogens (primary N) is 1. The number of piperidine rings is 1. The third-order valence-corrected chi connectivity index (χ3v) is 4.82. The molecule has 3 N–H and O–H groups in total. The molecule has 5 nitrogen and oxygen atoms in total. The van der Waals surface area contributed by atoms with E-state index in [-0.39, 0.29) is 17.4 Å². The molecule has 6 heteroatoms. The Bertz CT molecular complexity index is 725. The normalized spacial score (nSPS) is 20.5. The first-order valence-electron chi connectivity index (χ1n) is 7.72. The number of rotatable bonds is 2. The maximum absolute atomic E-state index is 12.9. The van der Waals surface area contributed by atoms with Crippen molar-refractivity contribution in [3.05, 3.63) is 41.0 Å². The Morgan fingerprint density at radius 1 is 1.48 bits per heavy atom. The maximum atomic E-state index is 12.9. The van der Waals surface area contributed by atoms with Gasteiger partial charge in [-0.15, -0.1) is 0 Å². The van der Waals surface area contributed by atoms with E-state index in [0.717, 1.165) is 12.0 Å². The summed E-state index contributed by atoms with van der Waals surface area (Å²) < 4.78 is 0. The molecule has 1 unspecified atom stereocenters. The molecule has 1 aliphatic heterocycles. The fraction of sp³-hybridized carbons (Fsp3) is 0.412. The number of H-pyrrole nitrogens is 1. The Labute approximate surface area is 140 Å². The van der Waals surface area contributed by atoms with Crippen LogP contribution in [0.2, 0.25) is 5.02 Å². The van der Waals surface area contributed by atoms with E-state index in [9.17, 15) is 4.79 Å². The molecule has 1 fully saturated rings. The highest BCUT2D eigenvalue weighted by Gasteiger charge is 2.36. The van der Waals surface area contributed by atoms with E-state index >= 15 is 0 Å². The molecular weight excluding hydrogens is 312 g/mol. The number of aromatic nitrogens is 2. The van der Waals surface area contributed by atoms with Gasteiger partial charge in [-0.05, 0) is 24.0 Å². The van der Waals surface area contributed by atoms with Crippen molar-refractivity contribution in [2.24, 2.45) is 11.1 Å². The van der Waals surface area contributed by atoms with Gasteiger partial charge in [0.1, 0.15) is 0 Å². The lowest BCUT2D eigenvalue weighted by atomic mass is 9.79. The summed E-state index contributed by atoms with van der Waals surface area (Å²) in [7, 11) is 0. The monoisotopic (exact) mass is 332 g/mol. The minimum atomic E-state index is -0.0894. The molecule has 1 aromatic carbocycles. The van der Waals surface area contributed by atoms with Crippen molar-refractivity contribution in [2.45, 2.75) is 26.3 Å². The van der Waals surface area contributed by atoms with E-state index in [2.05, 4.69) is 24.0 Å². The second-order valence-corrected chi connectivity index (χ2v) is 7.22. The first kappa shape index (κ1) is 16.0. The Kier molecular flexibility index (Phi) is 4.17. The summed E-state index contributed by atoms with van der Waals surface area (Å²) in [6, 6.07) is 7.50. The lowest BCUT2D eigenvalue weighted by Crippen LogP contribution is -2.54. The number of nitrogens with zero attached hydrogens (tertiary/aromatic N) is 2. The highest BCUT2D eigenvalue weighted by Crippen LogP contribution is 2.30. The molecule has 23 heavy (non-hydrogen) atoms. The van der Waals surface area contributed by atoms with Gasteiger partial charge in [0, 0.05) is 29.7 Å². The average molecular weight is 333 g/mol. The highest BCUT2D eigenvalue weighted by atomic mass is 35.5. The van der Waals surface area contributed by atoms with Crippen molar-refractivity contribution in [1.82, 2.24) is 15.1 Å². The number of carbonyl (C=O) groups is 1. The molecule has 0 spiro atoms. The number of hydrogen-bond donors (Lipinski definition) is 2. The number of nitrogens with one attached hydrogen (secondary N) is 1. The van der Waals surface area contributed by atoms with Gasteiger partial charge < -0.3 is 10.6 Å². The molecule has 2 aromatic rings. The van der Waals surface area contributed by atoms with Crippen molar-refractivity contribution >= 4 is 17.5 Å². The van der Waals surface area contributed by atoms with E-state index in [1.54, 1.807) is 12.3 Å². The Hall–Kier alpha value is -1.85. The first-order chi connectivity index (χ1) is 10.9. The van der Waals surface area contributed by atoms with Crippen LogP contribution in [0.15, 0.2) is 30.5 Å². The van der Waals surface area contributed by atoms with Gasteiger partial charge in [-0.1, -0.05) is 37.6 Å². The molecule has 0 saturated carbocycles. The van der Waals surface area contributed by atoms with E-state index in [1.165, 1.54) is 0 Å². The number of benzene rings is 1. The van der Waals surface area contributed by atoms with Gasteiger partial charge in [0.2, 0.25) is 0 Å². The predicted molar refractivity (Wildman–Crippen MR) is 91.3 cm³/mol. The third-order valence-electron chi connectivity index (χ3n) is 4.58. The topological polar surface area (TPSA) is 75.0 Å². The smallest absolute Gasteiger partial charge is 0.257 e. The van der Waals surface area contributed by atoms with Gasteiger partial charge in [-0.2, -0.15) is 5.10 Å². The summed E-state index contributed by atoms with van der Waals surface area (Å²) in [6.45, 7) is 5.52. The minimum absolute atomic E-state index is 0.0197. The second-order valence-electron chi connectivity index (χ2n) is 6.78. The van der Waals surface area contributed by atoms with Gasteiger partial charge in [-0.25, -0.2) is 0 Å². The molecule has 2 heterocycles. The average Bonchev–Trinajstić information content (AvgIpc) is 2.98. The molecule has 1 atom stereocenters. The van der Waals surface area contributed by atoms with Gasteiger partial charge in [0.15, 0.2) is 0 Å². The lowest BCUT2D eigenvalue weighted by Gasteiger charge is -2.42. The first-order valence-corrected chi connectivity index (χ1v) is 8.10. The zero-order valence-electron chi connectivity index (χ0n) is 13.3. The molecule has 0 aliphatic carbocycles. The molecule has 1 aromatic heterocycles. The van der Waals surface area contributed by atoms with Crippen molar-refractivity contribution in [3.8, 4) is 11.3 Å². The minimum Gasteiger partial charge on any atom is -0.338 e. The molecule has 1 aliphatic rings. The predicted octanol–water partition coefficient (Wildman–Crippen LogP) is 2.93. The zero-order chi connectivity index (χ0) is 16.6. The number of halogens is 1. The number of likely N-dealkylation sites (tertiary alicyclic amines) is 1. The Morgan fingerprint density at radius 2 is 2.26 bits per heavy atom. The summed E-state index contributed by atoms with van der Waals surface area (Å²) in [4.78, 5) is 14.8. The van der Waals surface area contributed by atoms with Crippen LogP contribution >= 0.6 is 11.6 Å². The van der Waals surface area contributed by atoms with Crippen LogP contribution in [0.3, 0.4) is 0 Å². The van der Waals surface area contributed by atoms with E-state index in [4.69, 9.17) is 17.3 Å². The number of amides is 1. The summed E-state index contributed by atoms with van der Waals surface area (Å²) in [5.74, 6) is -0.0197. The largest absolute Gasteiger partial charge is 0.338 e. The summed E-state index contributed by atoms with van der Waals surface area (Å²) in [5, 5.41) is 7.60. The summed E-state index contributed by atoms with van der Waals surface area (Å²) >= 11 is 6.05. The standard InChI is InChI=1S/C17H21ClN4O/c1-17(2)10-22(7-6-14(17)19)16(23)13-9-20-21-15(13)11-4-3-5-12(18)8-11/h3-5,8-9,14H,6-7,10,19H2,1-2H3,(H,20,21). The zero-order valence-corrected chi connectivity index (χ0v) is 14.1. The van der Waals surface area contributed by atoms with Crippen molar-refractivity contribution in [3.63, 3.8) is 0 Å². The SMILES string of the molecule is CC1(C)CN(C(=O)c2cn[nH]c2-c2cccc(Cl)c2)CCC1N.